The molecule has 3 N–H and O–H groups in total. The Labute approximate surface area is 129 Å². The lowest BCUT2D eigenvalue weighted by molar-refractivity contribution is -0.140. The third kappa shape index (κ3) is 3.83. The van der Waals surface area contributed by atoms with E-state index in [0.717, 1.165) is 0 Å². The lowest BCUT2D eigenvalue weighted by Gasteiger charge is -2.14. The molecular weight excluding hydrogens is 338 g/mol. The first-order valence-electron chi connectivity index (χ1n) is 6.18. The van der Waals surface area contributed by atoms with E-state index < -0.39 is 17.9 Å². The molecule has 2 unspecified atom stereocenters. The monoisotopic (exact) mass is 349 g/mol. The first kappa shape index (κ1) is 15.1. The van der Waals surface area contributed by atoms with E-state index in [4.69, 9.17) is 10.4 Å². The van der Waals surface area contributed by atoms with Crippen molar-refractivity contribution in [2.45, 2.75) is 12.5 Å². The summed E-state index contributed by atoms with van der Waals surface area (Å²) in [6.45, 7) is 0. The Morgan fingerprint density at radius 2 is 2.14 bits per heavy atom. The highest BCUT2D eigenvalue weighted by molar-refractivity contribution is 9.10. The third-order valence-corrected chi connectivity index (χ3v) is 3.72. The van der Waals surface area contributed by atoms with Crippen LogP contribution in [0.1, 0.15) is 12.0 Å². The van der Waals surface area contributed by atoms with Crippen LogP contribution in [0.2, 0.25) is 0 Å². The molecule has 1 aliphatic rings. The SMILES string of the molecule is N#Cc1ccc(NC(=O)NC2C=CC(C(=O)O)C2)c(Br)c1. The summed E-state index contributed by atoms with van der Waals surface area (Å²) in [7, 11) is 0. The van der Waals surface area contributed by atoms with Gasteiger partial charge >= 0.3 is 12.0 Å². The fourth-order valence-electron chi connectivity index (χ4n) is 2.00. The van der Waals surface area contributed by atoms with Crippen molar-refractivity contribution in [3.05, 3.63) is 40.4 Å². The minimum atomic E-state index is -0.897. The zero-order valence-electron chi connectivity index (χ0n) is 10.8. The number of halogens is 1. The van der Waals surface area contributed by atoms with Gasteiger partial charge in [-0.2, -0.15) is 5.26 Å². The van der Waals surface area contributed by atoms with E-state index in [1.165, 1.54) is 0 Å². The molecule has 2 amide bonds. The maximum absolute atomic E-state index is 11.9. The van der Waals surface area contributed by atoms with Gasteiger partial charge in [-0.05, 0) is 40.5 Å². The maximum atomic E-state index is 11.9. The number of carbonyl (C=O) groups is 2. The minimum absolute atomic E-state index is 0.303. The fraction of sp³-hybridized carbons (Fsp3) is 0.214. The Bertz CT molecular complexity index is 651. The number of anilines is 1. The van der Waals surface area contributed by atoms with Gasteiger partial charge in [-0.1, -0.05) is 12.2 Å². The fourth-order valence-corrected chi connectivity index (χ4v) is 2.48. The lowest BCUT2D eigenvalue weighted by Crippen LogP contribution is -2.36. The molecule has 0 spiro atoms. The van der Waals surface area contributed by atoms with Gasteiger partial charge < -0.3 is 15.7 Å². The van der Waals surface area contributed by atoms with Crippen LogP contribution < -0.4 is 10.6 Å². The number of amides is 2. The number of hydrogen-bond acceptors (Lipinski definition) is 3. The van der Waals surface area contributed by atoms with E-state index >= 15 is 0 Å². The summed E-state index contributed by atoms with van der Waals surface area (Å²) < 4.78 is 0.599. The van der Waals surface area contributed by atoms with E-state index in [1.54, 1.807) is 30.4 Å². The van der Waals surface area contributed by atoms with E-state index in [0.29, 0.717) is 22.1 Å². The second-order valence-electron chi connectivity index (χ2n) is 4.58. The Hall–Kier alpha value is -2.33. The predicted octanol–water partition coefficient (Wildman–Crippen LogP) is 2.47. The first-order chi connectivity index (χ1) is 9.99. The standard InChI is InChI=1S/C14H12BrN3O3/c15-11-5-8(7-16)1-4-12(11)18-14(21)17-10-3-2-9(6-10)13(19)20/h1-5,9-10H,6H2,(H,19,20)(H2,17,18,21). The summed E-state index contributed by atoms with van der Waals surface area (Å²) in [6.07, 6.45) is 3.59. The highest BCUT2D eigenvalue weighted by Gasteiger charge is 2.25. The number of hydrogen-bond donors (Lipinski definition) is 3. The molecule has 2 rings (SSSR count). The van der Waals surface area contributed by atoms with Crippen LogP contribution in [-0.2, 0) is 4.79 Å². The van der Waals surface area contributed by atoms with Gasteiger partial charge in [0, 0.05) is 4.47 Å². The number of rotatable bonds is 3. The molecule has 1 aromatic rings. The van der Waals surface area contributed by atoms with Crippen molar-refractivity contribution in [3.63, 3.8) is 0 Å². The smallest absolute Gasteiger partial charge is 0.319 e. The van der Waals surface area contributed by atoms with Crippen molar-refractivity contribution >= 4 is 33.6 Å². The number of benzene rings is 1. The first-order valence-corrected chi connectivity index (χ1v) is 6.97. The highest BCUT2D eigenvalue weighted by Crippen LogP contribution is 2.23. The summed E-state index contributed by atoms with van der Waals surface area (Å²) in [5.74, 6) is -1.46. The zero-order chi connectivity index (χ0) is 15.4. The summed E-state index contributed by atoms with van der Waals surface area (Å²) in [5.41, 5.74) is 1.01. The molecule has 0 heterocycles. The number of urea groups is 1. The molecule has 7 heteroatoms. The van der Waals surface area contributed by atoms with Gasteiger partial charge in [0.05, 0.1) is 29.3 Å². The van der Waals surface area contributed by atoms with Gasteiger partial charge in [0.15, 0.2) is 0 Å². The van der Waals surface area contributed by atoms with Crippen molar-refractivity contribution in [1.82, 2.24) is 5.32 Å². The second kappa shape index (κ2) is 6.41. The van der Waals surface area contributed by atoms with Crippen molar-refractivity contribution in [2.24, 2.45) is 5.92 Å². The van der Waals surface area contributed by atoms with E-state index in [2.05, 4.69) is 26.6 Å². The average Bonchev–Trinajstić information content (AvgIpc) is 2.89. The molecule has 6 nitrogen and oxygen atoms in total. The van der Waals surface area contributed by atoms with Crippen LogP contribution >= 0.6 is 15.9 Å². The van der Waals surface area contributed by atoms with Gasteiger partial charge in [-0.25, -0.2) is 4.79 Å². The largest absolute Gasteiger partial charge is 0.481 e. The third-order valence-electron chi connectivity index (χ3n) is 3.06. The van der Waals surface area contributed by atoms with Crippen molar-refractivity contribution in [3.8, 4) is 6.07 Å². The Morgan fingerprint density at radius 1 is 1.38 bits per heavy atom. The van der Waals surface area contributed by atoms with Gasteiger partial charge in [-0.3, -0.25) is 4.79 Å². The predicted molar refractivity (Wildman–Crippen MR) is 79.7 cm³/mol. The zero-order valence-corrected chi connectivity index (χ0v) is 12.4. The van der Waals surface area contributed by atoms with Crippen LogP contribution in [0.4, 0.5) is 10.5 Å². The normalized spacial score (nSPS) is 19.8. The topological polar surface area (TPSA) is 102 Å². The summed E-state index contributed by atoms with van der Waals surface area (Å²) in [5, 5.41) is 23.0. The molecule has 108 valence electrons. The summed E-state index contributed by atoms with van der Waals surface area (Å²) in [6, 6.07) is 6.08. The van der Waals surface area contributed by atoms with Crippen molar-refractivity contribution < 1.29 is 14.7 Å². The molecule has 0 bridgehead atoms. The quantitative estimate of drug-likeness (QED) is 0.729. The van der Waals surface area contributed by atoms with Gasteiger partial charge in [0.1, 0.15) is 0 Å². The van der Waals surface area contributed by atoms with Crippen LogP contribution in [0.3, 0.4) is 0 Å². The molecule has 0 aromatic heterocycles. The summed E-state index contributed by atoms with van der Waals surface area (Å²) in [4.78, 5) is 22.7. The number of carboxylic acids is 1. The van der Waals surface area contributed by atoms with Crippen LogP contribution in [0, 0.1) is 17.2 Å². The molecule has 0 radical (unpaired) electrons. The Morgan fingerprint density at radius 3 is 2.71 bits per heavy atom. The molecule has 1 aliphatic carbocycles. The minimum Gasteiger partial charge on any atom is -0.481 e. The van der Waals surface area contributed by atoms with Crippen LogP contribution in [-0.4, -0.2) is 23.1 Å². The summed E-state index contributed by atoms with van der Waals surface area (Å²) >= 11 is 3.27. The van der Waals surface area contributed by atoms with Crippen LogP contribution in [0.5, 0.6) is 0 Å². The average molecular weight is 350 g/mol. The molecule has 0 saturated heterocycles. The number of carboxylic acid groups (broad SMARTS) is 1. The molecule has 0 aliphatic heterocycles. The molecular formula is C14H12BrN3O3. The molecule has 21 heavy (non-hydrogen) atoms. The maximum Gasteiger partial charge on any atom is 0.319 e. The number of aliphatic carboxylic acids is 1. The second-order valence-corrected chi connectivity index (χ2v) is 5.43. The number of nitriles is 1. The van der Waals surface area contributed by atoms with Crippen LogP contribution in [0.15, 0.2) is 34.8 Å². The van der Waals surface area contributed by atoms with E-state index in [9.17, 15) is 9.59 Å². The van der Waals surface area contributed by atoms with E-state index in [-0.39, 0.29) is 6.04 Å². The highest BCUT2D eigenvalue weighted by atomic mass is 79.9. The molecule has 0 saturated carbocycles. The molecule has 0 fully saturated rings. The van der Waals surface area contributed by atoms with Crippen molar-refractivity contribution in [1.29, 1.82) is 5.26 Å². The van der Waals surface area contributed by atoms with Gasteiger partial charge in [-0.15, -0.1) is 0 Å². The van der Waals surface area contributed by atoms with Crippen molar-refractivity contribution in [2.75, 3.05) is 5.32 Å². The lowest BCUT2D eigenvalue weighted by atomic mass is 10.1. The number of carbonyl (C=O) groups excluding carboxylic acids is 1. The number of nitrogens with one attached hydrogen (secondary N) is 2. The molecule has 2 atom stereocenters. The Balaban J connectivity index is 1.93. The molecule has 1 aromatic carbocycles. The van der Waals surface area contributed by atoms with Gasteiger partial charge in [0.25, 0.3) is 0 Å². The Kier molecular flexibility index (Phi) is 4.60. The van der Waals surface area contributed by atoms with Crippen LogP contribution in [0.25, 0.3) is 0 Å². The van der Waals surface area contributed by atoms with E-state index in [1.807, 2.05) is 6.07 Å². The number of nitrogens with zero attached hydrogens (tertiary/aromatic N) is 1. The van der Waals surface area contributed by atoms with Gasteiger partial charge in [0.2, 0.25) is 0 Å².